The maximum absolute atomic E-state index is 13.0. The van der Waals surface area contributed by atoms with Gasteiger partial charge in [0.15, 0.2) is 0 Å². The van der Waals surface area contributed by atoms with E-state index in [1.54, 1.807) is 0 Å². The fourth-order valence-electron chi connectivity index (χ4n) is 2.10. The number of amides is 1. The molecule has 25 heavy (non-hydrogen) atoms. The van der Waals surface area contributed by atoms with Gasteiger partial charge in [0.1, 0.15) is 5.82 Å². The van der Waals surface area contributed by atoms with Crippen molar-refractivity contribution in [2.24, 2.45) is 0 Å². The second-order valence-electron chi connectivity index (χ2n) is 5.20. The van der Waals surface area contributed by atoms with Crippen LogP contribution in [0.15, 0.2) is 60.9 Å². The molecular weight excluding hydrogens is 343 g/mol. The van der Waals surface area contributed by atoms with Crippen molar-refractivity contribution in [2.45, 2.75) is 6.54 Å². The molecule has 5 nitrogen and oxygen atoms in total. The van der Waals surface area contributed by atoms with E-state index in [0.717, 1.165) is 5.69 Å². The van der Waals surface area contributed by atoms with Crippen molar-refractivity contribution in [2.75, 3.05) is 5.32 Å². The molecule has 2 aromatic carbocycles. The van der Waals surface area contributed by atoms with E-state index >= 15 is 0 Å². The van der Waals surface area contributed by atoms with Crippen molar-refractivity contribution >= 4 is 29.1 Å². The number of nitrogens with zero attached hydrogens (tertiary/aromatic N) is 2. The minimum Gasteiger partial charge on any atom is -0.348 e. The normalized spacial score (nSPS) is 10.3. The number of benzene rings is 2. The Kier molecular flexibility index (Phi) is 5.20. The minimum atomic E-state index is -0.421. The third-order valence-electron chi connectivity index (χ3n) is 3.40. The molecule has 0 unspecified atom stereocenters. The standard InChI is InChI=1S/C18H14ClFN4O/c19-16-8-14(20)7-6-12(16)9-21-17(25)13-10-22-18(23-11-13)24-15-4-2-1-3-5-15/h1-8,10-11H,9H2,(H,21,25)(H,22,23,24). The first-order chi connectivity index (χ1) is 12.1. The van der Waals surface area contributed by atoms with E-state index in [1.807, 2.05) is 30.3 Å². The highest BCUT2D eigenvalue weighted by molar-refractivity contribution is 6.31. The summed E-state index contributed by atoms with van der Waals surface area (Å²) in [4.78, 5) is 20.4. The first-order valence-corrected chi connectivity index (χ1v) is 7.86. The fourth-order valence-corrected chi connectivity index (χ4v) is 2.34. The van der Waals surface area contributed by atoms with Crippen LogP contribution in [-0.2, 0) is 6.54 Å². The Hall–Kier alpha value is -2.99. The van der Waals surface area contributed by atoms with Gasteiger partial charge in [0.05, 0.1) is 5.56 Å². The predicted molar refractivity (Wildman–Crippen MR) is 94.3 cm³/mol. The Bertz CT molecular complexity index is 872. The van der Waals surface area contributed by atoms with Crippen molar-refractivity contribution in [3.8, 4) is 0 Å². The molecule has 0 aliphatic rings. The summed E-state index contributed by atoms with van der Waals surface area (Å²) in [5.74, 6) is -0.369. The summed E-state index contributed by atoms with van der Waals surface area (Å²) in [6.07, 6.45) is 2.86. The molecule has 3 rings (SSSR count). The van der Waals surface area contributed by atoms with Gasteiger partial charge in [-0.3, -0.25) is 4.79 Å². The smallest absolute Gasteiger partial charge is 0.254 e. The molecule has 0 aliphatic heterocycles. The van der Waals surface area contributed by atoms with Crippen molar-refractivity contribution in [1.82, 2.24) is 15.3 Å². The first-order valence-electron chi connectivity index (χ1n) is 7.48. The molecule has 0 spiro atoms. The van der Waals surface area contributed by atoms with Gasteiger partial charge >= 0.3 is 0 Å². The number of para-hydroxylation sites is 1. The molecular formula is C18H14ClFN4O. The molecule has 1 amide bonds. The lowest BCUT2D eigenvalue weighted by atomic mass is 10.2. The number of nitrogens with one attached hydrogen (secondary N) is 2. The topological polar surface area (TPSA) is 66.9 Å². The molecule has 1 aromatic heterocycles. The number of anilines is 2. The molecule has 7 heteroatoms. The van der Waals surface area contributed by atoms with Gasteiger partial charge in [0, 0.05) is 29.6 Å². The summed E-state index contributed by atoms with van der Waals surface area (Å²) in [5, 5.41) is 6.00. The SMILES string of the molecule is O=C(NCc1ccc(F)cc1Cl)c1cnc(Nc2ccccc2)nc1. The van der Waals surface area contributed by atoms with Crippen LogP contribution in [0.2, 0.25) is 5.02 Å². The van der Waals surface area contributed by atoms with Crippen molar-refractivity contribution < 1.29 is 9.18 Å². The van der Waals surface area contributed by atoms with Crippen LogP contribution in [0, 0.1) is 5.82 Å². The summed E-state index contributed by atoms with van der Waals surface area (Å²) in [5.41, 5.74) is 1.79. The number of hydrogen-bond acceptors (Lipinski definition) is 4. The van der Waals surface area contributed by atoms with Gasteiger partial charge in [-0.05, 0) is 29.8 Å². The Balaban J connectivity index is 1.60. The predicted octanol–water partition coefficient (Wildman–Crippen LogP) is 3.94. The number of hydrogen-bond donors (Lipinski definition) is 2. The molecule has 0 fully saturated rings. The third-order valence-corrected chi connectivity index (χ3v) is 3.75. The summed E-state index contributed by atoms with van der Waals surface area (Å²) < 4.78 is 13.0. The minimum absolute atomic E-state index is 0.183. The van der Waals surface area contributed by atoms with Crippen LogP contribution >= 0.6 is 11.6 Å². The fraction of sp³-hybridized carbons (Fsp3) is 0.0556. The van der Waals surface area contributed by atoms with E-state index in [4.69, 9.17) is 11.6 Å². The average molecular weight is 357 g/mol. The van der Waals surface area contributed by atoms with E-state index in [9.17, 15) is 9.18 Å². The highest BCUT2D eigenvalue weighted by atomic mass is 35.5. The molecule has 0 saturated heterocycles. The monoisotopic (exact) mass is 356 g/mol. The van der Waals surface area contributed by atoms with Crippen LogP contribution in [0.4, 0.5) is 16.0 Å². The van der Waals surface area contributed by atoms with Crippen molar-refractivity contribution in [3.05, 3.63) is 82.9 Å². The molecule has 0 bridgehead atoms. The van der Waals surface area contributed by atoms with Gasteiger partial charge in [-0.15, -0.1) is 0 Å². The van der Waals surface area contributed by atoms with Gasteiger partial charge in [-0.25, -0.2) is 14.4 Å². The Morgan fingerprint density at radius 3 is 2.48 bits per heavy atom. The van der Waals surface area contributed by atoms with Crippen molar-refractivity contribution in [1.29, 1.82) is 0 Å². The van der Waals surface area contributed by atoms with E-state index in [-0.39, 0.29) is 17.5 Å². The van der Waals surface area contributed by atoms with Crippen LogP contribution < -0.4 is 10.6 Å². The van der Waals surface area contributed by atoms with Crippen LogP contribution in [0.5, 0.6) is 0 Å². The first kappa shape index (κ1) is 16.9. The second-order valence-corrected chi connectivity index (χ2v) is 5.61. The highest BCUT2D eigenvalue weighted by Gasteiger charge is 2.09. The molecule has 2 N–H and O–H groups in total. The van der Waals surface area contributed by atoms with Crippen LogP contribution in [0.1, 0.15) is 15.9 Å². The van der Waals surface area contributed by atoms with Gasteiger partial charge in [-0.2, -0.15) is 0 Å². The maximum Gasteiger partial charge on any atom is 0.254 e. The lowest BCUT2D eigenvalue weighted by molar-refractivity contribution is 0.0950. The molecule has 0 radical (unpaired) electrons. The average Bonchev–Trinajstić information content (AvgIpc) is 2.62. The van der Waals surface area contributed by atoms with Crippen molar-refractivity contribution in [3.63, 3.8) is 0 Å². The summed E-state index contributed by atoms with van der Waals surface area (Å²) >= 11 is 5.93. The Labute approximate surface area is 148 Å². The molecule has 0 aliphatic carbocycles. The number of halogens is 2. The molecule has 3 aromatic rings. The third kappa shape index (κ3) is 4.51. The van der Waals surface area contributed by atoms with Gasteiger partial charge in [0.2, 0.25) is 5.95 Å². The molecule has 0 saturated carbocycles. The van der Waals surface area contributed by atoms with E-state index in [2.05, 4.69) is 20.6 Å². The number of carbonyl (C=O) groups is 1. The quantitative estimate of drug-likeness (QED) is 0.726. The van der Waals surface area contributed by atoms with Crippen LogP contribution in [0.25, 0.3) is 0 Å². The zero-order valence-electron chi connectivity index (χ0n) is 13.0. The second kappa shape index (κ2) is 7.72. The van der Waals surface area contributed by atoms with E-state index < -0.39 is 5.82 Å². The molecule has 1 heterocycles. The Morgan fingerprint density at radius 2 is 1.80 bits per heavy atom. The molecule has 0 atom stereocenters. The van der Waals surface area contributed by atoms with Gasteiger partial charge in [-0.1, -0.05) is 35.9 Å². The molecule has 126 valence electrons. The zero-order valence-corrected chi connectivity index (χ0v) is 13.8. The summed E-state index contributed by atoms with van der Waals surface area (Å²) in [6, 6.07) is 13.5. The van der Waals surface area contributed by atoms with Crippen LogP contribution in [0.3, 0.4) is 0 Å². The summed E-state index contributed by atoms with van der Waals surface area (Å²) in [7, 11) is 0. The lowest BCUT2D eigenvalue weighted by Crippen LogP contribution is -2.23. The number of carbonyl (C=O) groups excluding carboxylic acids is 1. The zero-order chi connectivity index (χ0) is 17.6. The lowest BCUT2D eigenvalue weighted by Gasteiger charge is -2.08. The number of aromatic nitrogens is 2. The van der Waals surface area contributed by atoms with E-state index in [1.165, 1.54) is 30.6 Å². The maximum atomic E-state index is 13.0. The summed E-state index contributed by atoms with van der Waals surface area (Å²) in [6.45, 7) is 0.183. The van der Waals surface area contributed by atoms with E-state index in [0.29, 0.717) is 17.1 Å². The van der Waals surface area contributed by atoms with Gasteiger partial charge in [0.25, 0.3) is 5.91 Å². The largest absolute Gasteiger partial charge is 0.348 e. The number of rotatable bonds is 5. The van der Waals surface area contributed by atoms with Gasteiger partial charge < -0.3 is 10.6 Å². The highest BCUT2D eigenvalue weighted by Crippen LogP contribution is 2.17. The van der Waals surface area contributed by atoms with Crippen LogP contribution in [-0.4, -0.2) is 15.9 Å². The Morgan fingerprint density at radius 1 is 1.08 bits per heavy atom.